The minimum absolute atomic E-state index is 0.0424. The number of rotatable bonds is 9. The van der Waals surface area contributed by atoms with Gasteiger partial charge < -0.3 is 25.1 Å². The molecule has 5 heterocycles. The van der Waals surface area contributed by atoms with E-state index in [1.54, 1.807) is 23.1 Å². The van der Waals surface area contributed by atoms with Gasteiger partial charge in [-0.25, -0.2) is 14.4 Å². The first-order valence-corrected chi connectivity index (χ1v) is 14.9. The molecule has 0 radical (unpaired) electrons. The van der Waals surface area contributed by atoms with E-state index in [9.17, 15) is 14.0 Å². The molecule has 14 heteroatoms. The fourth-order valence-corrected chi connectivity index (χ4v) is 5.61. The zero-order chi connectivity index (χ0) is 30.6. The molecule has 0 aliphatic carbocycles. The van der Waals surface area contributed by atoms with Crippen molar-refractivity contribution in [2.75, 3.05) is 82.6 Å². The summed E-state index contributed by atoms with van der Waals surface area (Å²) in [6.45, 7) is 9.08. The molecular weight excluding hydrogens is 591 g/mol. The zero-order valence-corrected chi connectivity index (χ0v) is 25.1. The average Bonchev–Trinajstić information content (AvgIpc) is 3.53. The molecule has 0 unspecified atom stereocenters. The highest BCUT2D eigenvalue weighted by Crippen LogP contribution is 2.41. The van der Waals surface area contributed by atoms with Crippen LogP contribution in [0.4, 0.5) is 21.7 Å². The molecule has 3 N–H and O–H groups in total. The Morgan fingerprint density at radius 3 is 2.55 bits per heavy atom. The van der Waals surface area contributed by atoms with Crippen LogP contribution < -0.4 is 15.5 Å². The van der Waals surface area contributed by atoms with Crippen LogP contribution in [0, 0.1) is 12.7 Å². The minimum Gasteiger partial charge on any atom is -0.379 e. The molecule has 12 nitrogen and oxygen atoms in total. The van der Waals surface area contributed by atoms with E-state index in [1.807, 2.05) is 6.92 Å². The number of anilines is 3. The van der Waals surface area contributed by atoms with Gasteiger partial charge in [0, 0.05) is 50.6 Å². The van der Waals surface area contributed by atoms with Gasteiger partial charge in [-0.15, -0.1) is 0 Å². The Morgan fingerprint density at radius 2 is 1.82 bits per heavy atom. The molecule has 3 aromatic rings. The summed E-state index contributed by atoms with van der Waals surface area (Å²) in [6, 6.07) is 6.02. The molecular formula is C30H34ClFN8O4. The van der Waals surface area contributed by atoms with E-state index in [2.05, 4.69) is 35.4 Å². The van der Waals surface area contributed by atoms with Gasteiger partial charge >= 0.3 is 0 Å². The summed E-state index contributed by atoms with van der Waals surface area (Å²) in [5.41, 5.74) is 3.17. The highest BCUT2D eigenvalue weighted by Gasteiger charge is 2.38. The molecule has 3 aliphatic heterocycles. The van der Waals surface area contributed by atoms with E-state index in [0.29, 0.717) is 92.6 Å². The number of fused-ring (bicyclic) bond motifs is 1. The molecule has 1 aromatic carbocycles. The molecule has 3 aliphatic rings. The fraction of sp³-hybridized carbons (Fsp3) is 0.400. The number of carbonyl (C=O) groups excluding carboxylic acids is 2. The van der Waals surface area contributed by atoms with Gasteiger partial charge in [-0.3, -0.25) is 24.3 Å². The van der Waals surface area contributed by atoms with E-state index < -0.39 is 5.82 Å². The van der Waals surface area contributed by atoms with Crippen molar-refractivity contribution in [3.8, 4) is 0 Å². The van der Waals surface area contributed by atoms with E-state index >= 15 is 0 Å². The summed E-state index contributed by atoms with van der Waals surface area (Å²) in [6.07, 6.45) is 3.11. The maximum absolute atomic E-state index is 14.0. The second-order valence-corrected chi connectivity index (χ2v) is 11.2. The SMILES string of the molecule is Cc1cc(C(=O)NCCN2CCOCC2)[nH]c1C=C1C(=O)N(CN2CCOCC2)c2ncnc(Nc3ccc(F)c(Cl)c3)c21. The number of aromatic nitrogens is 3. The normalized spacial score (nSPS) is 18.6. The Bertz CT molecular complexity index is 1570. The van der Waals surface area contributed by atoms with Crippen LogP contribution in [-0.2, 0) is 14.3 Å². The number of nitrogens with zero attached hydrogens (tertiary/aromatic N) is 5. The van der Waals surface area contributed by atoms with Gasteiger partial charge in [0.1, 0.15) is 29.5 Å². The van der Waals surface area contributed by atoms with Crippen molar-refractivity contribution in [2.45, 2.75) is 6.92 Å². The number of morpholine rings is 2. The lowest BCUT2D eigenvalue weighted by molar-refractivity contribution is -0.113. The third kappa shape index (κ3) is 6.61. The summed E-state index contributed by atoms with van der Waals surface area (Å²) in [5, 5.41) is 6.11. The smallest absolute Gasteiger partial charge is 0.267 e. The van der Waals surface area contributed by atoms with Gasteiger partial charge in [-0.2, -0.15) is 0 Å². The number of halogens is 2. The molecule has 6 rings (SSSR count). The number of aryl methyl sites for hydroxylation is 1. The van der Waals surface area contributed by atoms with E-state index in [1.165, 1.54) is 18.5 Å². The van der Waals surface area contributed by atoms with E-state index in [0.717, 1.165) is 25.2 Å². The maximum Gasteiger partial charge on any atom is 0.267 e. The molecule has 2 saturated heterocycles. The number of carbonyl (C=O) groups is 2. The summed E-state index contributed by atoms with van der Waals surface area (Å²) < 4.78 is 24.7. The summed E-state index contributed by atoms with van der Waals surface area (Å²) in [5.74, 6) is -0.203. The second-order valence-electron chi connectivity index (χ2n) is 10.8. The number of aromatic amines is 1. The summed E-state index contributed by atoms with van der Waals surface area (Å²) >= 11 is 6.02. The molecule has 232 valence electrons. The zero-order valence-electron chi connectivity index (χ0n) is 24.4. The lowest BCUT2D eigenvalue weighted by Gasteiger charge is -2.30. The van der Waals surface area contributed by atoms with Crippen LogP contribution >= 0.6 is 11.6 Å². The first-order chi connectivity index (χ1) is 21.4. The number of benzene rings is 1. The third-order valence-electron chi connectivity index (χ3n) is 7.86. The Morgan fingerprint density at radius 1 is 1.09 bits per heavy atom. The van der Waals surface area contributed by atoms with Gasteiger partial charge in [0.25, 0.3) is 11.8 Å². The van der Waals surface area contributed by atoms with Crippen molar-refractivity contribution in [2.24, 2.45) is 0 Å². The van der Waals surface area contributed by atoms with Crippen LogP contribution in [0.1, 0.15) is 27.3 Å². The van der Waals surface area contributed by atoms with Crippen LogP contribution in [0.5, 0.6) is 0 Å². The quantitative estimate of drug-likeness (QED) is 0.308. The summed E-state index contributed by atoms with van der Waals surface area (Å²) in [7, 11) is 0. The molecule has 0 saturated carbocycles. The molecule has 2 fully saturated rings. The van der Waals surface area contributed by atoms with Gasteiger partial charge in [0.05, 0.1) is 49.3 Å². The third-order valence-corrected chi connectivity index (χ3v) is 8.15. The number of hydrogen-bond acceptors (Lipinski definition) is 9. The van der Waals surface area contributed by atoms with Crippen LogP contribution in [-0.4, -0.2) is 109 Å². The van der Waals surface area contributed by atoms with E-state index in [4.69, 9.17) is 21.1 Å². The Hall–Kier alpha value is -3.88. The predicted molar refractivity (Wildman–Crippen MR) is 164 cm³/mol. The molecule has 44 heavy (non-hydrogen) atoms. The van der Waals surface area contributed by atoms with Crippen LogP contribution in [0.3, 0.4) is 0 Å². The predicted octanol–water partition coefficient (Wildman–Crippen LogP) is 2.89. The number of H-pyrrole nitrogens is 1. The molecule has 0 spiro atoms. The van der Waals surface area contributed by atoms with Crippen LogP contribution in [0.2, 0.25) is 5.02 Å². The summed E-state index contributed by atoms with van der Waals surface area (Å²) in [4.78, 5) is 45.1. The van der Waals surface area contributed by atoms with Crippen molar-refractivity contribution in [3.05, 3.63) is 63.9 Å². The van der Waals surface area contributed by atoms with Crippen molar-refractivity contribution in [1.29, 1.82) is 0 Å². The number of hydrogen-bond donors (Lipinski definition) is 3. The minimum atomic E-state index is -0.541. The topological polar surface area (TPSA) is 128 Å². The first kappa shape index (κ1) is 30.2. The Kier molecular flexibility index (Phi) is 9.19. The largest absolute Gasteiger partial charge is 0.379 e. The standard InChI is InChI=1S/C30H34ClFN8O4/c1-19-14-25(29(41)33-4-5-38-6-10-43-11-7-38)37-24(19)16-21-26-27(36-20-2-3-23(32)22(31)15-20)34-17-35-28(26)40(30(21)42)18-39-8-12-44-13-9-39/h2-3,14-17,37H,4-13,18H2,1H3,(H,33,41)(H,34,35,36). The molecule has 0 bridgehead atoms. The lowest BCUT2D eigenvalue weighted by Crippen LogP contribution is -2.45. The Labute approximate surface area is 259 Å². The number of amides is 2. The van der Waals surface area contributed by atoms with Crippen molar-refractivity contribution < 1.29 is 23.5 Å². The molecule has 2 amide bonds. The fourth-order valence-electron chi connectivity index (χ4n) is 5.43. The van der Waals surface area contributed by atoms with Gasteiger partial charge in [-0.05, 0) is 42.8 Å². The van der Waals surface area contributed by atoms with Crippen molar-refractivity contribution in [3.63, 3.8) is 0 Å². The number of nitrogens with one attached hydrogen (secondary N) is 3. The van der Waals surface area contributed by atoms with Gasteiger partial charge in [0.15, 0.2) is 0 Å². The molecule has 2 aromatic heterocycles. The first-order valence-electron chi connectivity index (χ1n) is 14.6. The lowest BCUT2D eigenvalue weighted by atomic mass is 10.1. The highest BCUT2D eigenvalue weighted by atomic mass is 35.5. The Balaban J connectivity index is 1.29. The van der Waals surface area contributed by atoms with Crippen LogP contribution in [0.15, 0.2) is 30.6 Å². The number of ether oxygens (including phenoxy) is 2. The monoisotopic (exact) mass is 624 g/mol. The van der Waals surface area contributed by atoms with Crippen molar-refractivity contribution >= 4 is 52.4 Å². The average molecular weight is 625 g/mol. The highest BCUT2D eigenvalue weighted by molar-refractivity contribution is 6.36. The maximum atomic E-state index is 14.0. The van der Waals surface area contributed by atoms with E-state index in [-0.39, 0.29) is 16.8 Å². The van der Waals surface area contributed by atoms with Crippen LogP contribution in [0.25, 0.3) is 11.6 Å². The molecule has 0 atom stereocenters. The van der Waals surface area contributed by atoms with Gasteiger partial charge in [-0.1, -0.05) is 11.6 Å². The second kappa shape index (κ2) is 13.4. The van der Waals surface area contributed by atoms with Gasteiger partial charge in [0.2, 0.25) is 0 Å². The van der Waals surface area contributed by atoms with Crippen molar-refractivity contribution in [1.82, 2.24) is 30.1 Å².